The maximum Gasteiger partial charge on any atom is 0.302 e. The first-order chi connectivity index (χ1) is 10.8. The molecule has 2 aliphatic heterocycles. The van der Waals surface area contributed by atoms with Gasteiger partial charge in [-0.25, -0.2) is 0 Å². The molecule has 7 heteroatoms. The summed E-state index contributed by atoms with van der Waals surface area (Å²) in [5.74, 6) is 0. The Morgan fingerprint density at radius 3 is 2.86 bits per heavy atom. The van der Waals surface area contributed by atoms with E-state index in [1.807, 2.05) is 30.3 Å². The highest BCUT2D eigenvalue weighted by Gasteiger charge is 2.51. The third kappa shape index (κ3) is 2.22. The first-order valence-electron chi connectivity index (χ1n) is 7.00. The van der Waals surface area contributed by atoms with E-state index in [1.54, 1.807) is 22.5 Å². The average molecular weight is 318 g/mol. The van der Waals surface area contributed by atoms with Gasteiger partial charge in [0.05, 0.1) is 18.0 Å². The lowest BCUT2D eigenvalue weighted by atomic mass is 10.2. The Labute approximate surface area is 130 Å². The maximum absolute atomic E-state index is 11.4. The van der Waals surface area contributed by atoms with Crippen LogP contribution in [0.3, 0.4) is 0 Å². The van der Waals surface area contributed by atoms with Crippen LogP contribution in [0.1, 0.15) is 6.23 Å². The molecule has 1 fully saturated rings. The molecule has 0 spiro atoms. The third-order valence-corrected chi connectivity index (χ3v) is 5.19. The Kier molecular flexibility index (Phi) is 3.40. The number of rotatable bonds is 3. The van der Waals surface area contributed by atoms with Gasteiger partial charge in [0, 0.05) is 17.2 Å². The van der Waals surface area contributed by atoms with E-state index in [-0.39, 0.29) is 41.9 Å². The van der Waals surface area contributed by atoms with Crippen molar-refractivity contribution in [3.05, 3.63) is 52.9 Å². The smallest absolute Gasteiger partial charge is 0.302 e. The number of hydrogen-bond donors (Lipinski definition) is 1. The van der Waals surface area contributed by atoms with Gasteiger partial charge >= 0.3 is 6.01 Å². The normalized spacial score (nSPS) is 29.0. The van der Waals surface area contributed by atoms with Crippen molar-refractivity contribution < 1.29 is 14.6 Å². The molecular weight excluding hydrogens is 304 g/mol. The Hall–Kier alpha value is -1.83. The standard InChI is InChI=1S/C15H14N2O4S/c18-8-10-13(22-9-4-2-1-3-5-9)12-14(20-10)17-7-6-11(19)16-15(17)21-12/h1-7,10,12-14,18H,8H2/t10-,12+,13-,14-/m1/s1. The van der Waals surface area contributed by atoms with Gasteiger partial charge in [0.2, 0.25) is 0 Å². The summed E-state index contributed by atoms with van der Waals surface area (Å²) in [7, 11) is 0. The van der Waals surface area contributed by atoms with Crippen molar-refractivity contribution in [3.63, 3.8) is 0 Å². The summed E-state index contributed by atoms with van der Waals surface area (Å²) < 4.78 is 13.4. The largest absolute Gasteiger partial charge is 0.455 e. The molecule has 114 valence electrons. The fraction of sp³-hybridized carbons (Fsp3) is 0.333. The van der Waals surface area contributed by atoms with Crippen LogP contribution in [0.2, 0.25) is 0 Å². The van der Waals surface area contributed by atoms with Gasteiger partial charge in [-0.15, -0.1) is 11.8 Å². The molecule has 0 radical (unpaired) electrons. The van der Waals surface area contributed by atoms with Crippen molar-refractivity contribution in [2.75, 3.05) is 6.61 Å². The van der Waals surface area contributed by atoms with Gasteiger partial charge < -0.3 is 14.6 Å². The summed E-state index contributed by atoms with van der Waals surface area (Å²) >= 11 is 1.61. The lowest BCUT2D eigenvalue weighted by Crippen LogP contribution is -2.32. The molecule has 22 heavy (non-hydrogen) atoms. The molecule has 1 aromatic carbocycles. The molecule has 3 heterocycles. The molecule has 6 nitrogen and oxygen atoms in total. The van der Waals surface area contributed by atoms with Crippen LogP contribution in [0.25, 0.3) is 0 Å². The molecule has 1 saturated heterocycles. The van der Waals surface area contributed by atoms with Crippen molar-refractivity contribution in [2.45, 2.75) is 28.6 Å². The summed E-state index contributed by atoms with van der Waals surface area (Å²) in [5, 5.41) is 9.52. The molecule has 4 rings (SSSR count). The number of aliphatic hydroxyl groups excluding tert-OH is 1. The second-order valence-electron chi connectivity index (χ2n) is 5.18. The lowest BCUT2D eigenvalue weighted by Gasteiger charge is -2.19. The predicted octanol–water partition coefficient (Wildman–Crippen LogP) is 1.05. The molecule has 0 aliphatic carbocycles. The van der Waals surface area contributed by atoms with Crippen molar-refractivity contribution in [3.8, 4) is 6.01 Å². The summed E-state index contributed by atoms with van der Waals surface area (Å²) in [6, 6.07) is 11.6. The molecule has 4 atom stereocenters. The van der Waals surface area contributed by atoms with E-state index in [1.165, 1.54) is 6.07 Å². The quantitative estimate of drug-likeness (QED) is 0.912. The predicted molar refractivity (Wildman–Crippen MR) is 80.0 cm³/mol. The first-order valence-corrected chi connectivity index (χ1v) is 7.88. The van der Waals surface area contributed by atoms with Crippen LogP contribution in [-0.2, 0) is 4.74 Å². The van der Waals surface area contributed by atoms with Gasteiger partial charge in [0.25, 0.3) is 5.56 Å². The van der Waals surface area contributed by atoms with E-state index in [4.69, 9.17) is 9.47 Å². The summed E-state index contributed by atoms with van der Waals surface area (Å²) in [5.41, 5.74) is -0.336. The van der Waals surface area contributed by atoms with Crippen LogP contribution >= 0.6 is 11.8 Å². The van der Waals surface area contributed by atoms with Gasteiger partial charge in [0.1, 0.15) is 0 Å². The Balaban J connectivity index is 1.64. The molecule has 0 amide bonds. The summed E-state index contributed by atoms with van der Waals surface area (Å²) in [6.07, 6.45) is 0.658. The fourth-order valence-corrected chi connectivity index (χ4v) is 4.06. The van der Waals surface area contributed by atoms with Gasteiger partial charge in [-0.3, -0.25) is 9.36 Å². The monoisotopic (exact) mass is 318 g/mol. The number of thioether (sulfide) groups is 1. The van der Waals surface area contributed by atoms with Crippen LogP contribution in [-0.4, -0.2) is 38.7 Å². The topological polar surface area (TPSA) is 73.6 Å². The van der Waals surface area contributed by atoms with Crippen molar-refractivity contribution >= 4 is 11.8 Å². The van der Waals surface area contributed by atoms with Crippen molar-refractivity contribution in [1.29, 1.82) is 0 Å². The zero-order valence-electron chi connectivity index (χ0n) is 11.5. The molecule has 0 saturated carbocycles. The molecule has 2 aliphatic rings. The number of aromatic nitrogens is 2. The minimum atomic E-state index is -0.360. The van der Waals surface area contributed by atoms with E-state index in [0.717, 1.165) is 4.90 Å². The minimum Gasteiger partial charge on any atom is -0.455 e. The molecule has 1 N–H and O–H groups in total. The highest BCUT2D eigenvalue weighted by atomic mass is 32.2. The third-order valence-electron chi connectivity index (χ3n) is 3.80. The zero-order chi connectivity index (χ0) is 15.1. The molecular formula is C15H14N2O4S. The van der Waals surface area contributed by atoms with Gasteiger partial charge in [0.15, 0.2) is 12.3 Å². The SMILES string of the molecule is O=c1ccn2c(n1)O[C@H]1[C@H](Sc3ccccc3)[C@@H](CO)O[C@H]12. The van der Waals surface area contributed by atoms with Crippen molar-refractivity contribution in [2.24, 2.45) is 0 Å². The second kappa shape index (κ2) is 5.42. The first kappa shape index (κ1) is 13.8. The number of benzene rings is 1. The Morgan fingerprint density at radius 1 is 1.27 bits per heavy atom. The fourth-order valence-electron chi connectivity index (χ4n) is 2.80. The summed E-state index contributed by atoms with van der Waals surface area (Å²) in [6.45, 7) is -0.0795. The van der Waals surface area contributed by atoms with Gasteiger partial charge in [-0.05, 0) is 12.1 Å². The van der Waals surface area contributed by atoms with E-state index in [2.05, 4.69) is 4.98 Å². The number of nitrogens with zero attached hydrogens (tertiary/aromatic N) is 2. The lowest BCUT2D eigenvalue weighted by molar-refractivity contribution is -0.0251. The van der Waals surface area contributed by atoms with Crippen molar-refractivity contribution in [1.82, 2.24) is 9.55 Å². The second-order valence-corrected chi connectivity index (χ2v) is 6.43. The van der Waals surface area contributed by atoms with Gasteiger partial charge in [-0.1, -0.05) is 18.2 Å². The van der Waals surface area contributed by atoms with Gasteiger partial charge in [-0.2, -0.15) is 4.98 Å². The van der Waals surface area contributed by atoms with Crippen LogP contribution in [0, 0.1) is 0 Å². The van der Waals surface area contributed by atoms with Crippen LogP contribution < -0.4 is 10.3 Å². The molecule has 2 aromatic rings. The molecule has 1 aromatic heterocycles. The highest BCUT2D eigenvalue weighted by Crippen LogP contribution is 2.45. The molecule has 0 unspecified atom stereocenters. The highest BCUT2D eigenvalue weighted by molar-refractivity contribution is 8.00. The zero-order valence-corrected chi connectivity index (χ0v) is 12.3. The number of fused-ring (bicyclic) bond motifs is 3. The van der Waals surface area contributed by atoms with E-state index >= 15 is 0 Å². The number of aliphatic hydroxyl groups is 1. The minimum absolute atomic E-state index is 0.0748. The molecule has 0 bridgehead atoms. The van der Waals surface area contributed by atoms with E-state index in [0.29, 0.717) is 0 Å². The number of hydrogen-bond acceptors (Lipinski definition) is 6. The van der Waals surface area contributed by atoms with Crippen LogP contribution in [0.5, 0.6) is 6.01 Å². The Morgan fingerprint density at radius 2 is 2.09 bits per heavy atom. The Bertz CT molecular complexity index is 736. The van der Waals surface area contributed by atoms with E-state index < -0.39 is 0 Å². The van der Waals surface area contributed by atoms with Crippen LogP contribution in [0.15, 0.2) is 52.3 Å². The van der Waals surface area contributed by atoms with E-state index in [9.17, 15) is 9.90 Å². The summed E-state index contributed by atoms with van der Waals surface area (Å²) in [4.78, 5) is 16.3. The number of ether oxygens (including phenoxy) is 2. The maximum atomic E-state index is 11.4. The average Bonchev–Trinajstić information content (AvgIpc) is 3.04. The van der Waals surface area contributed by atoms with Crippen LogP contribution in [0.4, 0.5) is 0 Å².